The van der Waals surface area contributed by atoms with Crippen molar-refractivity contribution in [2.75, 3.05) is 7.11 Å². The number of methoxy groups -OCH3 is 1. The highest BCUT2D eigenvalue weighted by molar-refractivity contribution is 5.96. The standard InChI is InChI=1S/C35H30O8/c1-19(2)21-11-9-20(10-12-21)18-41-28-15-23(13-14-26(28)40-3)24-16-29(37)43-35-30(24)34-31(32(38)33(35)39)25(36)17-27(42-34)22-7-5-4-6-8-22/h4-15,17,19,24,38-39H,16,18H2,1-3H3/t24-/m0/s1. The van der Waals surface area contributed by atoms with Gasteiger partial charge in [-0.3, -0.25) is 9.59 Å². The topological polar surface area (TPSA) is 115 Å². The molecule has 0 spiro atoms. The molecule has 1 atom stereocenters. The number of hydrogen-bond acceptors (Lipinski definition) is 8. The third-order valence-electron chi connectivity index (χ3n) is 7.74. The molecule has 0 saturated heterocycles. The molecule has 2 N–H and O–H groups in total. The first-order valence-electron chi connectivity index (χ1n) is 14.0. The van der Waals surface area contributed by atoms with Crippen LogP contribution in [0.5, 0.6) is 28.7 Å². The lowest BCUT2D eigenvalue weighted by molar-refractivity contribution is -0.135. The minimum atomic E-state index is -0.710. The van der Waals surface area contributed by atoms with Crippen LogP contribution in [0.3, 0.4) is 0 Å². The molecule has 1 aromatic heterocycles. The van der Waals surface area contributed by atoms with Crippen LogP contribution in [-0.4, -0.2) is 23.3 Å². The van der Waals surface area contributed by atoms with Crippen LogP contribution in [0.25, 0.3) is 22.3 Å². The summed E-state index contributed by atoms with van der Waals surface area (Å²) < 4.78 is 23.4. The van der Waals surface area contributed by atoms with Gasteiger partial charge in [0.15, 0.2) is 28.4 Å². The Kier molecular flexibility index (Phi) is 7.27. The lowest BCUT2D eigenvalue weighted by atomic mass is 9.84. The molecule has 5 aromatic rings. The van der Waals surface area contributed by atoms with E-state index in [0.29, 0.717) is 28.5 Å². The maximum Gasteiger partial charge on any atom is 0.312 e. The van der Waals surface area contributed by atoms with Crippen molar-refractivity contribution in [2.45, 2.75) is 38.7 Å². The monoisotopic (exact) mass is 578 g/mol. The quantitative estimate of drug-likeness (QED) is 0.120. The molecular formula is C35H30O8. The van der Waals surface area contributed by atoms with Crippen LogP contribution in [0.15, 0.2) is 88.1 Å². The van der Waals surface area contributed by atoms with Crippen molar-refractivity contribution < 1.29 is 33.6 Å². The van der Waals surface area contributed by atoms with Gasteiger partial charge < -0.3 is 28.8 Å². The molecule has 6 rings (SSSR count). The minimum absolute atomic E-state index is 0.0256. The van der Waals surface area contributed by atoms with Crippen molar-refractivity contribution >= 4 is 16.9 Å². The molecule has 1 aliphatic heterocycles. The summed E-state index contributed by atoms with van der Waals surface area (Å²) in [5.41, 5.74) is 3.25. The van der Waals surface area contributed by atoms with Gasteiger partial charge in [0.25, 0.3) is 0 Å². The van der Waals surface area contributed by atoms with Crippen molar-refractivity contribution in [1.29, 1.82) is 0 Å². The average Bonchev–Trinajstić information content (AvgIpc) is 3.02. The second kappa shape index (κ2) is 11.2. The number of fused-ring (bicyclic) bond motifs is 3. The Morgan fingerprint density at radius 2 is 1.65 bits per heavy atom. The lowest BCUT2D eigenvalue weighted by Crippen LogP contribution is -2.22. The van der Waals surface area contributed by atoms with Crippen molar-refractivity contribution in [3.63, 3.8) is 0 Å². The van der Waals surface area contributed by atoms with E-state index < -0.39 is 28.8 Å². The van der Waals surface area contributed by atoms with Gasteiger partial charge in [-0.05, 0) is 34.7 Å². The third-order valence-corrected chi connectivity index (χ3v) is 7.74. The number of benzene rings is 4. The highest BCUT2D eigenvalue weighted by Gasteiger charge is 2.37. The summed E-state index contributed by atoms with van der Waals surface area (Å²) in [6.45, 7) is 4.56. The van der Waals surface area contributed by atoms with E-state index >= 15 is 0 Å². The normalized spacial score (nSPS) is 14.4. The van der Waals surface area contributed by atoms with Crippen LogP contribution in [0.1, 0.15) is 54.4 Å². The molecule has 0 aliphatic carbocycles. The highest BCUT2D eigenvalue weighted by atomic mass is 16.5. The van der Waals surface area contributed by atoms with Gasteiger partial charge in [0.1, 0.15) is 23.3 Å². The van der Waals surface area contributed by atoms with Crippen LogP contribution in [0, 0.1) is 0 Å². The van der Waals surface area contributed by atoms with E-state index in [2.05, 4.69) is 26.0 Å². The van der Waals surface area contributed by atoms with E-state index in [1.165, 1.54) is 11.6 Å². The second-order valence-electron chi connectivity index (χ2n) is 10.8. The number of ether oxygens (including phenoxy) is 3. The molecule has 0 bridgehead atoms. The number of rotatable bonds is 7. The van der Waals surface area contributed by atoms with Crippen LogP contribution >= 0.6 is 0 Å². The number of carbonyl (C=O) groups is 1. The van der Waals surface area contributed by atoms with E-state index in [-0.39, 0.29) is 41.1 Å². The molecule has 43 heavy (non-hydrogen) atoms. The van der Waals surface area contributed by atoms with Gasteiger partial charge in [-0.15, -0.1) is 0 Å². The minimum Gasteiger partial charge on any atom is -0.504 e. The number of phenols is 2. The Morgan fingerprint density at radius 3 is 2.35 bits per heavy atom. The first-order valence-corrected chi connectivity index (χ1v) is 14.0. The SMILES string of the molecule is COc1ccc([C@@H]2CC(=O)Oc3c(O)c(O)c4c(=O)cc(-c5ccccc5)oc4c32)cc1OCc1ccc(C(C)C)cc1. The van der Waals surface area contributed by atoms with E-state index in [1.54, 1.807) is 37.4 Å². The summed E-state index contributed by atoms with van der Waals surface area (Å²) >= 11 is 0. The molecule has 218 valence electrons. The molecular weight excluding hydrogens is 548 g/mol. The zero-order valence-corrected chi connectivity index (χ0v) is 23.9. The van der Waals surface area contributed by atoms with Gasteiger partial charge in [-0.1, -0.05) is 74.5 Å². The molecule has 8 nitrogen and oxygen atoms in total. The zero-order chi connectivity index (χ0) is 30.2. The van der Waals surface area contributed by atoms with E-state index in [1.807, 2.05) is 30.3 Å². The summed E-state index contributed by atoms with van der Waals surface area (Å²) in [6.07, 6.45) is -0.103. The maximum absolute atomic E-state index is 13.3. The summed E-state index contributed by atoms with van der Waals surface area (Å²) in [4.78, 5) is 26.1. The molecule has 8 heteroatoms. The van der Waals surface area contributed by atoms with E-state index in [4.69, 9.17) is 18.6 Å². The number of carbonyl (C=O) groups excluding carboxylic acids is 1. The largest absolute Gasteiger partial charge is 0.504 e. The molecule has 0 radical (unpaired) electrons. The fourth-order valence-corrected chi connectivity index (χ4v) is 5.42. The summed E-state index contributed by atoms with van der Waals surface area (Å²) in [5.74, 6) is -1.33. The van der Waals surface area contributed by atoms with Crippen molar-refractivity contribution in [1.82, 2.24) is 0 Å². The first-order chi connectivity index (χ1) is 20.7. The molecule has 4 aromatic carbocycles. The van der Waals surface area contributed by atoms with Gasteiger partial charge in [0, 0.05) is 17.5 Å². The first kappa shape index (κ1) is 27.9. The predicted octanol–water partition coefficient (Wildman–Crippen LogP) is 7.02. The molecule has 0 unspecified atom stereocenters. The molecule has 2 heterocycles. The predicted molar refractivity (Wildman–Crippen MR) is 161 cm³/mol. The van der Waals surface area contributed by atoms with Crippen LogP contribution in [-0.2, 0) is 11.4 Å². The Morgan fingerprint density at radius 1 is 0.907 bits per heavy atom. The number of esters is 1. The Labute approximate surface area is 247 Å². The van der Waals surface area contributed by atoms with Crippen molar-refractivity contribution in [3.05, 3.63) is 111 Å². The highest BCUT2D eigenvalue weighted by Crippen LogP contribution is 2.52. The van der Waals surface area contributed by atoms with Crippen LogP contribution < -0.4 is 19.6 Å². The summed E-state index contributed by atoms with van der Waals surface area (Å²) in [5, 5.41) is 21.5. The fraction of sp³-hybridized carbons (Fsp3) is 0.200. The Bertz CT molecular complexity index is 1890. The van der Waals surface area contributed by atoms with Crippen LogP contribution in [0.2, 0.25) is 0 Å². The number of hydrogen-bond donors (Lipinski definition) is 2. The average molecular weight is 579 g/mol. The Balaban J connectivity index is 1.47. The Hall–Kier alpha value is -5.24. The number of aromatic hydroxyl groups is 2. The smallest absolute Gasteiger partial charge is 0.312 e. The van der Waals surface area contributed by atoms with Gasteiger partial charge >= 0.3 is 5.97 Å². The van der Waals surface area contributed by atoms with Gasteiger partial charge in [-0.2, -0.15) is 0 Å². The van der Waals surface area contributed by atoms with Crippen molar-refractivity contribution in [3.8, 4) is 40.1 Å². The van der Waals surface area contributed by atoms with Crippen molar-refractivity contribution in [2.24, 2.45) is 0 Å². The molecule has 0 fully saturated rings. The number of phenolic OH excluding ortho intramolecular Hbond substituents is 2. The molecule has 0 saturated carbocycles. The molecule has 1 aliphatic rings. The summed E-state index contributed by atoms with van der Waals surface area (Å²) in [7, 11) is 1.54. The van der Waals surface area contributed by atoms with Crippen LogP contribution in [0.4, 0.5) is 0 Å². The van der Waals surface area contributed by atoms with E-state index in [9.17, 15) is 19.8 Å². The fourth-order valence-electron chi connectivity index (χ4n) is 5.42. The second-order valence-corrected chi connectivity index (χ2v) is 10.8. The zero-order valence-electron chi connectivity index (χ0n) is 23.9. The van der Waals surface area contributed by atoms with E-state index in [0.717, 1.165) is 5.56 Å². The van der Waals surface area contributed by atoms with Gasteiger partial charge in [0.2, 0.25) is 5.75 Å². The van der Waals surface area contributed by atoms with Gasteiger partial charge in [-0.25, -0.2) is 0 Å². The lowest BCUT2D eigenvalue weighted by Gasteiger charge is -2.27. The summed E-state index contributed by atoms with van der Waals surface area (Å²) in [6, 6.07) is 23.8. The van der Waals surface area contributed by atoms with Gasteiger partial charge in [0.05, 0.1) is 19.1 Å². The molecule has 0 amide bonds. The maximum atomic E-state index is 13.3. The third kappa shape index (κ3) is 5.16.